The van der Waals surface area contributed by atoms with Crippen LogP contribution < -0.4 is 20.9 Å². The number of alkyl halides is 2. The summed E-state index contributed by atoms with van der Waals surface area (Å²) in [6.07, 6.45) is 1.28. The first kappa shape index (κ1) is 33.9. The number of carbonyl (C=O) groups excluding carboxylic acids is 2. The van der Waals surface area contributed by atoms with Crippen molar-refractivity contribution in [1.82, 2.24) is 19.6 Å². The molecule has 0 bridgehead atoms. The lowest BCUT2D eigenvalue weighted by molar-refractivity contribution is -0.117. The SMILES string of the molecule is Cc1cc(C(F)(F)C2CCC(N)CC2)nc(N2CCN(S(=O)(=O)c3ccc(N4C[C@H](NC(=O)OC(C)(C)C)CC4=O)cc3)CC2)n1. The summed E-state index contributed by atoms with van der Waals surface area (Å²) < 4.78 is 64.6. The standard InChI is InChI=1S/C31H43F2N7O5S/c1-20-17-26(31(32,33)21-5-7-22(34)8-6-21)37-28(35-20)38-13-15-39(16-14-38)46(43,44)25-11-9-24(10-12-25)40-19-23(18-27(40)41)36-29(42)45-30(2,3)4/h9-12,17,21-23H,5-8,13-16,18-19,34H2,1-4H3,(H,36,42)/t21?,22?,23-/m1/s1. The van der Waals surface area contributed by atoms with Crippen LogP contribution in [-0.2, 0) is 25.5 Å². The molecule has 3 N–H and O–H groups in total. The Kier molecular flexibility index (Phi) is 9.58. The van der Waals surface area contributed by atoms with Gasteiger partial charge in [0.25, 0.3) is 5.92 Å². The van der Waals surface area contributed by atoms with Gasteiger partial charge in [0.1, 0.15) is 11.3 Å². The number of nitrogens with one attached hydrogen (secondary N) is 1. The van der Waals surface area contributed by atoms with Crippen molar-refractivity contribution in [2.75, 3.05) is 42.5 Å². The van der Waals surface area contributed by atoms with Crippen molar-refractivity contribution in [3.63, 3.8) is 0 Å². The maximum Gasteiger partial charge on any atom is 0.407 e. The molecule has 1 atom stereocenters. The van der Waals surface area contributed by atoms with E-state index in [1.165, 1.54) is 27.4 Å². The number of hydrogen-bond acceptors (Lipinski definition) is 9. The average Bonchev–Trinajstić information content (AvgIpc) is 3.35. The summed E-state index contributed by atoms with van der Waals surface area (Å²) in [5, 5.41) is 2.71. The van der Waals surface area contributed by atoms with Gasteiger partial charge in [0.2, 0.25) is 21.9 Å². The minimum atomic E-state index is -3.87. The predicted octanol–water partition coefficient (Wildman–Crippen LogP) is 3.54. The Labute approximate surface area is 268 Å². The van der Waals surface area contributed by atoms with E-state index in [9.17, 15) is 18.0 Å². The van der Waals surface area contributed by atoms with Crippen LogP contribution in [0.25, 0.3) is 0 Å². The van der Waals surface area contributed by atoms with Crippen LogP contribution in [0.3, 0.4) is 0 Å². The summed E-state index contributed by atoms with van der Waals surface area (Å²) in [4.78, 5) is 36.8. The van der Waals surface area contributed by atoms with Crippen molar-refractivity contribution < 1.29 is 31.5 Å². The number of ether oxygens (including phenoxy) is 1. The molecule has 2 amide bonds. The minimum Gasteiger partial charge on any atom is -0.444 e. The van der Waals surface area contributed by atoms with Crippen LogP contribution in [0.2, 0.25) is 0 Å². The molecule has 0 radical (unpaired) electrons. The molecule has 3 heterocycles. The minimum absolute atomic E-state index is 0.0444. The number of hydrogen-bond donors (Lipinski definition) is 2. The molecule has 3 fully saturated rings. The van der Waals surface area contributed by atoms with E-state index in [1.54, 1.807) is 44.7 Å². The lowest BCUT2D eigenvalue weighted by atomic mass is 9.81. The molecule has 46 heavy (non-hydrogen) atoms. The molecule has 252 valence electrons. The number of nitrogens with zero attached hydrogens (tertiary/aromatic N) is 5. The third-order valence-electron chi connectivity index (χ3n) is 8.62. The molecule has 1 aliphatic carbocycles. The van der Waals surface area contributed by atoms with Gasteiger partial charge in [-0.1, -0.05) is 0 Å². The molecular weight excluding hydrogens is 620 g/mol. The fourth-order valence-electron chi connectivity index (χ4n) is 6.16. The van der Waals surface area contributed by atoms with Gasteiger partial charge < -0.3 is 25.6 Å². The van der Waals surface area contributed by atoms with E-state index in [0.29, 0.717) is 37.1 Å². The highest BCUT2D eigenvalue weighted by atomic mass is 32.2. The number of aromatic nitrogens is 2. The third kappa shape index (κ3) is 7.58. The highest BCUT2D eigenvalue weighted by Crippen LogP contribution is 2.43. The van der Waals surface area contributed by atoms with Gasteiger partial charge in [0.15, 0.2) is 0 Å². The molecule has 2 saturated heterocycles. The van der Waals surface area contributed by atoms with Crippen LogP contribution in [0.5, 0.6) is 0 Å². The van der Waals surface area contributed by atoms with Crippen molar-refractivity contribution in [3.05, 3.63) is 41.7 Å². The monoisotopic (exact) mass is 663 g/mol. The molecule has 1 aromatic carbocycles. The number of anilines is 2. The second kappa shape index (κ2) is 13.0. The molecule has 0 unspecified atom stereocenters. The number of rotatable bonds is 7. The zero-order valence-electron chi connectivity index (χ0n) is 26.7. The molecule has 3 aliphatic rings. The van der Waals surface area contributed by atoms with Gasteiger partial charge in [-0.05, 0) is 83.7 Å². The van der Waals surface area contributed by atoms with Gasteiger partial charge in [-0.2, -0.15) is 13.1 Å². The van der Waals surface area contributed by atoms with Gasteiger partial charge in [-0.25, -0.2) is 23.2 Å². The van der Waals surface area contributed by atoms with Gasteiger partial charge >= 0.3 is 6.09 Å². The number of carbonyl (C=O) groups is 2. The van der Waals surface area contributed by atoms with Crippen LogP contribution in [0.4, 0.5) is 25.2 Å². The summed E-state index contributed by atoms with van der Waals surface area (Å²) in [5.41, 5.74) is 5.88. The number of aryl methyl sites for hydroxylation is 1. The smallest absolute Gasteiger partial charge is 0.407 e. The van der Waals surface area contributed by atoms with E-state index in [1.807, 2.05) is 0 Å². The van der Waals surface area contributed by atoms with Crippen molar-refractivity contribution in [3.8, 4) is 0 Å². The van der Waals surface area contributed by atoms with E-state index >= 15 is 8.78 Å². The van der Waals surface area contributed by atoms with E-state index in [2.05, 4.69) is 15.3 Å². The number of alkyl carbamates (subject to hydrolysis) is 1. The topological polar surface area (TPSA) is 151 Å². The average molecular weight is 664 g/mol. The lowest BCUT2D eigenvalue weighted by Crippen LogP contribution is -2.49. The van der Waals surface area contributed by atoms with Crippen LogP contribution in [0.15, 0.2) is 35.2 Å². The molecule has 5 rings (SSSR count). The van der Waals surface area contributed by atoms with Crippen molar-refractivity contribution in [1.29, 1.82) is 0 Å². The summed E-state index contributed by atoms with van der Waals surface area (Å²) in [6, 6.07) is 6.89. The quantitative estimate of drug-likeness (QED) is 0.454. The van der Waals surface area contributed by atoms with Crippen LogP contribution in [0, 0.1) is 12.8 Å². The Morgan fingerprint density at radius 2 is 1.65 bits per heavy atom. The summed E-state index contributed by atoms with van der Waals surface area (Å²) in [7, 11) is -3.87. The highest BCUT2D eigenvalue weighted by Gasteiger charge is 2.44. The van der Waals surface area contributed by atoms with E-state index in [0.717, 1.165) is 0 Å². The Morgan fingerprint density at radius 3 is 2.26 bits per heavy atom. The van der Waals surface area contributed by atoms with Gasteiger partial charge in [-0.3, -0.25) is 4.79 Å². The highest BCUT2D eigenvalue weighted by molar-refractivity contribution is 7.89. The molecule has 0 spiro atoms. The fraction of sp³-hybridized carbons (Fsp3) is 0.613. The van der Waals surface area contributed by atoms with Crippen LogP contribution >= 0.6 is 0 Å². The van der Waals surface area contributed by atoms with E-state index < -0.39 is 39.6 Å². The predicted molar refractivity (Wildman–Crippen MR) is 168 cm³/mol. The number of halogens is 2. The Bertz CT molecular complexity index is 1540. The second-order valence-electron chi connectivity index (χ2n) is 13.4. The largest absolute Gasteiger partial charge is 0.444 e. The van der Waals surface area contributed by atoms with E-state index in [4.69, 9.17) is 10.5 Å². The summed E-state index contributed by atoms with van der Waals surface area (Å²) >= 11 is 0. The van der Waals surface area contributed by atoms with Crippen molar-refractivity contribution >= 4 is 33.7 Å². The number of piperazine rings is 1. The first-order chi connectivity index (χ1) is 21.5. The number of benzene rings is 1. The Balaban J connectivity index is 1.20. The first-order valence-corrected chi connectivity index (χ1v) is 17.1. The number of nitrogens with two attached hydrogens (primary N) is 1. The van der Waals surface area contributed by atoms with Crippen LogP contribution in [-0.4, -0.2) is 85.1 Å². The van der Waals surface area contributed by atoms with Gasteiger partial charge in [-0.15, -0.1) is 0 Å². The normalized spacial score (nSPS) is 23.5. The molecular formula is C31H43F2N7O5S. The van der Waals surface area contributed by atoms with Gasteiger partial charge in [0.05, 0.1) is 10.9 Å². The fourth-order valence-corrected chi connectivity index (χ4v) is 7.58. The van der Waals surface area contributed by atoms with Crippen LogP contribution in [0.1, 0.15) is 64.3 Å². The lowest BCUT2D eigenvalue weighted by Gasteiger charge is -2.35. The maximum absolute atomic E-state index is 15.5. The van der Waals surface area contributed by atoms with Gasteiger partial charge in [0, 0.05) is 62.5 Å². The van der Waals surface area contributed by atoms with E-state index in [-0.39, 0.29) is 67.6 Å². The summed E-state index contributed by atoms with van der Waals surface area (Å²) in [5.74, 6) is -3.98. The van der Waals surface area contributed by atoms with Crippen molar-refractivity contribution in [2.24, 2.45) is 11.7 Å². The first-order valence-electron chi connectivity index (χ1n) is 15.7. The zero-order chi connectivity index (χ0) is 33.4. The molecule has 1 saturated carbocycles. The molecule has 2 aromatic rings. The maximum atomic E-state index is 15.5. The molecule has 15 heteroatoms. The molecule has 2 aliphatic heterocycles. The second-order valence-corrected chi connectivity index (χ2v) is 15.3. The number of sulfonamides is 1. The Hall–Kier alpha value is -3.43. The summed E-state index contributed by atoms with van der Waals surface area (Å²) in [6.45, 7) is 7.85. The molecule has 12 nitrogen and oxygen atoms in total. The number of amides is 2. The zero-order valence-corrected chi connectivity index (χ0v) is 27.5. The Morgan fingerprint density at radius 1 is 1.02 bits per heavy atom. The molecule has 1 aromatic heterocycles. The third-order valence-corrected chi connectivity index (χ3v) is 10.5. The van der Waals surface area contributed by atoms with Crippen molar-refractivity contribution in [2.45, 2.75) is 88.3 Å².